The smallest absolute Gasteiger partial charge is 0.252 e. The minimum atomic E-state index is -0.862. The van der Waals surface area contributed by atoms with E-state index in [2.05, 4.69) is 15.3 Å². The first-order valence-corrected chi connectivity index (χ1v) is 11.1. The fraction of sp³-hybridized carbons (Fsp3) is 0.120. The molecular weight excluding hydrogens is 473 g/mol. The van der Waals surface area contributed by atoms with Crippen molar-refractivity contribution in [1.82, 2.24) is 24.5 Å². The van der Waals surface area contributed by atoms with Crippen LogP contribution in [0.25, 0.3) is 22.2 Å². The highest BCUT2D eigenvalue weighted by Gasteiger charge is 2.16. The average molecular weight is 494 g/mol. The number of fused-ring (bicyclic) bond motifs is 1. The third-order valence-electron chi connectivity index (χ3n) is 5.27. The number of benzene rings is 2. The molecule has 1 unspecified atom stereocenters. The van der Waals surface area contributed by atoms with Crippen molar-refractivity contribution in [3.63, 3.8) is 0 Å². The van der Waals surface area contributed by atoms with Gasteiger partial charge in [-0.2, -0.15) is 0 Å². The Morgan fingerprint density at radius 3 is 2.32 bits per heavy atom. The van der Waals surface area contributed by atoms with Crippen molar-refractivity contribution >= 4 is 34.2 Å². The Morgan fingerprint density at radius 1 is 0.941 bits per heavy atom. The van der Waals surface area contributed by atoms with Crippen LogP contribution in [-0.4, -0.2) is 29.7 Å². The first-order valence-electron chi connectivity index (χ1n) is 10.3. The molecule has 0 bridgehead atoms. The predicted molar refractivity (Wildman–Crippen MR) is 134 cm³/mol. The van der Waals surface area contributed by atoms with Gasteiger partial charge in [-0.3, -0.25) is 14.0 Å². The van der Waals surface area contributed by atoms with Crippen molar-refractivity contribution in [3.05, 3.63) is 111 Å². The second kappa shape index (κ2) is 10.2. The maximum atomic E-state index is 12.4. The van der Waals surface area contributed by atoms with Crippen LogP contribution in [0.3, 0.4) is 0 Å². The monoisotopic (exact) mass is 493 g/mol. The molecule has 0 saturated carbocycles. The van der Waals surface area contributed by atoms with Gasteiger partial charge in [0.1, 0.15) is 11.8 Å². The second-order valence-corrected chi connectivity index (χ2v) is 8.51. The van der Waals surface area contributed by atoms with E-state index in [0.29, 0.717) is 26.8 Å². The highest BCUT2D eigenvalue weighted by Crippen LogP contribution is 2.31. The molecule has 0 radical (unpaired) electrons. The summed E-state index contributed by atoms with van der Waals surface area (Å²) in [6, 6.07) is 17.7. The van der Waals surface area contributed by atoms with Crippen LogP contribution in [0, 0.1) is 0 Å². The van der Waals surface area contributed by atoms with Crippen molar-refractivity contribution < 1.29 is 5.11 Å². The van der Waals surface area contributed by atoms with E-state index in [1.165, 1.54) is 4.57 Å². The van der Waals surface area contributed by atoms with E-state index in [-0.39, 0.29) is 5.56 Å². The number of halogens is 2. The number of aromatic nitrogens is 5. The van der Waals surface area contributed by atoms with Crippen LogP contribution < -0.4 is 5.56 Å². The van der Waals surface area contributed by atoms with Crippen molar-refractivity contribution in [3.8, 4) is 11.1 Å². The molecular formula is C25H21Cl2N5O2. The van der Waals surface area contributed by atoms with E-state index in [1.807, 2.05) is 25.2 Å². The lowest BCUT2D eigenvalue weighted by Crippen LogP contribution is -2.17. The number of rotatable bonds is 3. The summed E-state index contributed by atoms with van der Waals surface area (Å²) in [4.78, 5) is 16.9. The maximum absolute atomic E-state index is 12.4. The second-order valence-electron chi connectivity index (χ2n) is 7.64. The Bertz CT molecular complexity index is 1480. The summed E-state index contributed by atoms with van der Waals surface area (Å²) in [7, 11) is 3.50. The Balaban J connectivity index is 0.000000398. The van der Waals surface area contributed by atoms with Crippen LogP contribution in [0.5, 0.6) is 0 Å². The van der Waals surface area contributed by atoms with Gasteiger partial charge in [0.2, 0.25) is 0 Å². The zero-order chi connectivity index (χ0) is 24.2. The van der Waals surface area contributed by atoms with Gasteiger partial charge in [-0.25, -0.2) is 4.98 Å². The van der Waals surface area contributed by atoms with Crippen LogP contribution in [0.1, 0.15) is 17.2 Å². The third kappa shape index (κ3) is 5.17. The number of hydrogen-bond donors (Lipinski definition) is 1. The van der Waals surface area contributed by atoms with Crippen LogP contribution in [0.15, 0.2) is 84.0 Å². The molecule has 0 amide bonds. The third-order valence-corrected chi connectivity index (χ3v) is 5.76. The molecule has 0 aliphatic carbocycles. The molecule has 7 nitrogen and oxygen atoms in total. The fourth-order valence-corrected chi connectivity index (χ4v) is 3.81. The van der Waals surface area contributed by atoms with Gasteiger partial charge in [0.15, 0.2) is 0 Å². The minimum absolute atomic E-state index is 0.166. The van der Waals surface area contributed by atoms with Gasteiger partial charge in [-0.15, -0.1) is 5.10 Å². The molecule has 0 saturated heterocycles. The Morgan fingerprint density at radius 2 is 1.71 bits per heavy atom. The van der Waals surface area contributed by atoms with Crippen LogP contribution in [0.4, 0.5) is 0 Å². The van der Waals surface area contributed by atoms with Crippen LogP contribution in [0.2, 0.25) is 10.0 Å². The first kappa shape index (κ1) is 23.6. The SMILES string of the molecule is Cn1c(=O)cc(-c2cccc(Cl)c2)c2cc(C(O)c3ccc(Cl)cc3)cnc21.Cn1ccnn1. The summed E-state index contributed by atoms with van der Waals surface area (Å²) in [6.45, 7) is 0. The standard InChI is InChI=1S/C22H16Cl2N2O2.C3H5N3/c1-26-20(27)11-18(14-3-2-4-17(24)9-14)19-10-15(12-25-22(19)26)21(28)13-5-7-16(23)8-6-13;1-6-3-2-4-5-6/h2-12,21,28H,1H3;2-3H,1H3. The lowest BCUT2D eigenvalue weighted by atomic mass is 9.98. The number of nitrogens with zero attached hydrogens (tertiary/aromatic N) is 5. The van der Waals surface area contributed by atoms with Gasteiger partial charge in [-0.1, -0.05) is 52.7 Å². The van der Waals surface area contributed by atoms with Gasteiger partial charge in [0.25, 0.3) is 5.56 Å². The number of aryl methyl sites for hydroxylation is 2. The number of aliphatic hydroxyl groups excluding tert-OH is 1. The minimum Gasteiger partial charge on any atom is -0.384 e. The molecule has 3 heterocycles. The zero-order valence-corrected chi connectivity index (χ0v) is 19.9. The van der Waals surface area contributed by atoms with Gasteiger partial charge in [0, 0.05) is 53.6 Å². The Kier molecular flexibility index (Phi) is 7.07. The fourth-order valence-electron chi connectivity index (χ4n) is 3.49. The summed E-state index contributed by atoms with van der Waals surface area (Å²) in [5, 5.41) is 19.9. The predicted octanol–water partition coefficient (Wildman–Crippen LogP) is 4.80. The lowest BCUT2D eigenvalue weighted by molar-refractivity contribution is 0.220. The van der Waals surface area contributed by atoms with Crippen molar-refractivity contribution in [2.75, 3.05) is 0 Å². The number of hydrogen-bond acceptors (Lipinski definition) is 5. The molecule has 0 spiro atoms. The molecule has 1 N–H and O–H groups in total. The quantitative estimate of drug-likeness (QED) is 0.389. The topological polar surface area (TPSA) is 85.8 Å². The molecule has 0 aliphatic heterocycles. The summed E-state index contributed by atoms with van der Waals surface area (Å²) in [5.74, 6) is 0. The van der Waals surface area contributed by atoms with Gasteiger partial charge < -0.3 is 5.11 Å². The highest BCUT2D eigenvalue weighted by molar-refractivity contribution is 6.31. The molecule has 0 fully saturated rings. The summed E-state index contributed by atoms with van der Waals surface area (Å²) in [6.07, 6.45) is 4.14. The highest BCUT2D eigenvalue weighted by atomic mass is 35.5. The van der Waals surface area contributed by atoms with E-state index in [1.54, 1.807) is 72.8 Å². The van der Waals surface area contributed by atoms with Crippen LogP contribution in [-0.2, 0) is 14.1 Å². The molecule has 0 aliphatic rings. The molecule has 9 heteroatoms. The van der Waals surface area contributed by atoms with E-state index in [9.17, 15) is 9.90 Å². The molecule has 1 atom stereocenters. The first-order chi connectivity index (χ1) is 16.3. The van der Waals surface area contributed by atoms with Crippen LogP contribution >= 0.6 is 23.2 Å². The Labute approximate surface area is 205 Å². The van der Waals surface area contributed by atoms with Gasteiger partial charge in [-0.05, 0) is 47.0 Å². The van der Waals surface area contributed by atoms with E-state index in [0.717, 1.165) is 16.5 Å². The summed E-state index contributed by atoms with van der Waals surface area (Å²) >= 11 is 12.1. The number of pyridine rings is 2. The molecule has 5 aromatic rings. The Hall–Kier alpha value is -3.52. The summed E-state index contributed by atoms with van der Waals surface area (Å²) in [5.41, 5.74) is 3.24. The normalized spacial score (nSPS) is 11.7. The number of aliphatic hydroxyl groups is 1. The van der Waals surface area contributed by atoms with Gasteiger partial charge in [0.05, 0.1) is 6.20 Å². The van der Waals surface area contributed by atoms with E-state index < -0.39 is 6.10 Å². The average Bonchev–Trinajstić information content (AvgIpc) is 3.32. The van der Waals surface area contributed by atoms with Crippen molar-refractivity contribution in [1.29, 1.82) is 0 Å². The molecule has 34 heavy (non-hydrogen) atoms. The largest absolute Gasteiger partial charge is 0.384 e. The maximum Gasteiger partial charge on any atom is 0.252 e. The van der Waals surface area contributed by atoms with Gasteiger partial charge >= 0.3 is 0 Å². The molecule has 172 valence electrons. The van der Waals surface area contributed by atoms with E-state index >= 15 is 0 Å². The van der Waals surface area contributed by atoms with Crippen molar-refractivity contribution in [2.24, 2.45) is 14.1 Å². The zero-order valence-electron chi connectivity index (χ0n) is 18.4. The van der Waals surface area contributed by atoms with Crippen molar-refractivity contribution in [2.45, 2.75) is 6.10 Å². The molecule has 5 rings (SSSR count). The lowest BCUT2D eigenvalue weighted by Gasteiger charge is -2.15. The molecule has 2 aromatic carbocycles. The molecule has 3 aromatic heterocycles. The summed E-state index contributed by atoms with van der Waals surface area (Å²) < 4.78 is 3.13. The van der Waals surface area contributed by atoms with E-state index in [4.69, 9.17) is 23.2 Å².